The average Bonchev–Trinajstić information content (AvgIpc) is 2.27. The van der Waals surface area contributed by atoms with Crippen molar-refractivity contribution in [3.8, 4) is 5.75 Å². The maximum absolute atomic E-state index is 12.1. The van der Waals surface area contributed by atoms with Gasteiger partial charge in [0, 0.05) is 6.04 Å². The number of alkyl halides is 3. The van der Waals surface area contributed by atoms with Crippen molar-refractivity contribution in [3.05, 3.63) is 29.8 Å². The monoisotopic (exact) mass is 262 g/mol. The highest BCUT2D eigenvalue weighted by Crippen LogP contribution is 2.26. The summed E-state index contributed by atoms with van der Waals surface area (Å²) in [7, 11) is 0. The fourth-order valence-electron chi connectivity index (χ4n) is 1.62. The Morgan fingerprint density at radius 3 is 2.56 bits per heavy atom. The Hall–Kier alpha value is -1.27. The molecule has 0 heterocycles. The van der Waals surface area contributed by atoms with Gasteiger partial charge in [-0.05, 0) is 37.1 Å². The van der Waals surface area contributed by atoms with Gasteiger partial charge in [-0.15, -0.1) is 13.2 Å². The van der Waals surface area contributed by atoms with E-state index in [0.717, 1.165) is 12.8 Å². The van der Waals surface area contributed by atoms with E-state index in [0.29, 0.717) is 18.5 Å². The van der Waals surface area contributed by atoms with Crippen LogP contribution in [0.2, 0.25) is 0 Å². The van der Waals surface area contributed by atoms with Crippen LogP contribution in [-0.4, -0.2) is 12.9 Å². The van der Waals surface area contributed by atoms with E-state index in [1.54, 1.807) is 6.07 Å². The number of hydrogen-bond acceptors (Lipinski definition) is 3. The van der Waals surface area contributed by atoms with Gasteiger partial charge in [-0.1, -0.05) is 18.6 Å². The third kappa shape index (κ3) is 5.37. The van der Waals surface area contributed by atoms with Gasteiger partial charge in [0.2, 0.25) is 0 Å². The van der Waals surface area contributed by atoms with Crippen LogP contribution >= 0.6 is 0 Å². The Morgan fingerprint density at radius 2 is 1.94 bits per heavy atom. The maximum atomic E-state index is 12.1. The summed E-state index contributed by atoms with van der Waals surface area (Å²) >= 11 is 0. The Balaban J connectivity index is 2.63. The first-order valence-electron chi connectivity index (χ1n) is 5.74. The summed E-state index contributed by atoms with van der Waals surface area (Å²) in [6.07, 6.45) is -2.29. The summed E-state index contributed by atoms with van der Waals surface area (Å²) in [5, 5.41) is 0. The maximum Gasteiger partial charge on any atom is 0.573 e. The average molecular weight is 262 g/mol. The standard InChI is InChI=1S/C12H17F3N2O/c13-12(14,15)18-10-5-3-4-9(8-10)11(17)6-1-2-7-16/h3-5,8,11H,1-2,6-7,16-17H2/t11-/m1/s1. The molecule has 102 valence electrons. The third-order valence-corrected chi connectivity index (χ3v) is 2.49. The van der Waals surface area contributed by atoms with E-state index in [9.17, 15) is 13.2 Å². The minimum absolute atomic E-state index is 0.241. The van der Waals surface area contributed by atoms with Gasteiger partial charge in [-0.2, -0.15) is 0 Å². The fourth-order valence-corrected chi connectivity index (χ4v) is 1.62. The summed E-state index contributed by atoms with van der Waals surface area (Å²) < 4.78 is 40.0. The van der Waals surface area contributed by atoms with Gasteiger partial charge in [0.05, 0.1) is 0 Å². The predicted molar refractivity (Wildman–Crippen MR) is 63.0 cm³/mol. The molecule has 0 aliphatic rings. The van der Waals surface area contributed by atoms with Crippen LogP contribution in [0.3, 0.4) is 0 Å². The van der Waals surface area contributed by atoms with Gasteiger partial charge >= 0.3 is 6.36 Å². The second-order valence-corrected chi connectivity index (χ2v) is 4.01. The minimum atomic E-state index is -4.68. The number of benzene rings is 1. The molecular weight excluding hydrogens is 245 g/mol. The molecule has 0 spiro atoms. The van der Waals surface area contributed by atoms with Gasteiger partial charge in [-0.25, -0.2) is 0 Å². The topological polar surface area (TPSA) is 61.3 Å². The first kappa shape index (κ1) is 14.8. The van der Waals surface area contributed by atoms with Crippen molar-refractivity contribution in [2.45, 2.75) is 31.7 Å². The van der Waals surface area contributed by atoms with Crippen molar-refractivity contribution in [2.24, 2.45) is 11.5 Å². The zero-order chi connectivity index (χ0) is 13.6. The first-order valence-corrected chi connectivity index (χ1v) is 5.74. The van der Waals surface area contributed by atoms with Crippen LogP contribution in [0.25, 0.3) is 0 Å². The molecule has 0 fully saturated rings. The second-order valence-electron chi connectivity index (χ2n) is 4.01. The van der Waals surface area contributed by atoms with Crippen LogP contribution in [0.5, 0.6) is 5.75 Å². The highest BCUT2D eigenvalue weighted by Gasteiger charge is 2.31. The molecule has 18 heavy (non-hydrogen) atoms. The first-order chi connectivity index (χ1) is 8.42. The number of halogens is 3. The predicted octanol–water partition coefficient (Wildman–Crippen LogP) is 2.71. The molecular formula is C12H17F3N2O. The smallest absolute Gasteiger partial charge is 0.406 e. The summed E-state index contributed by atoms with van der Waals surface area (Å²) in [5.74, 6) is -0.241. The molecule has 1 aromatic carbocycles. The largest absolute Gasteiger partial charge is 0.573 e. The number of ether oxygens (including phenoxy) is 1. The second kappa shape index (κ2) is 6.61. The van der Waals surface area contributed by atoms with Crippen molar-refractivity contribution >= 4 is 0 Å². The van der Waals surface area contributed by atoms with Crippen molar-refractivity contribution in [3.63, 3.8) is 0 Å². The molecule has 0 aromatic heterocycles. The van der Waals surface area contributed by atoms with Crippen LogP contribution in [0, 0.1) is 0 Å². The molecule has 4 N–H and O–H groups in total. The van der Waals surface area contributed by atoms with Gasteiger partial charge < -0.3 is 16.2 Å². The lowest BCUT2D eigenvalue weighted by Gasteiger charge is -2.14. The van der Waals surface area contributed by atoms with Gasteiger partial charge in [0.1, 0.15) is 5.75 Å². The molecule has 0 saturated carbocycles. The number of hydrogen-bond donors (Lipinski definition) is 2. The molecule has 1 atom stereocenters. The lowest BCUT2D eigenvalue weighted by molar-refractivity contribution is -0.274. The van der Waals surface area contributed by atoms with Gasteiger partial charge in [0.25, 0.3) is 0 Å². The summed E-state index contributed by atoms with van der Waals surface area (Å²) in [4.78, 5) is 0. The number of rotatable bonds is 6. The Morgan fingerprint density at radius 1 is 1.22 bits per heavy atom. The van der Waals surface area contributed by atoms with E-state index < -0.39 is 6.36 Å². The SMILES string of the molecule is NCCCC[C@@H](N)c1cccc(OC(F)(F)F)c1. The van der Waals surface area contributed by atoms with E-state index in [4.69, 9.17) is 11.5 Å². The summed E-state index contributed by atoms with van der Waals surface area (Å²) in [6, 6.07) is 5.47. The van der Waals surface area contributed by atoms with Gasteiger partial charge in [-0.3, -0.25) is 0 Å². The van der Waals surface area contributed by atoms with E-state index in [1.165, 1.54) is 18.2 Å². The molecule has 0 saturated heterocycles. The molecule has 0 bridgehead atoms. The van der Waals surface area contributed by atoms with Crippen LogP contribution < -0.4 is 16.2 Å². The molecule has 0 unspecified atom stereocenters. The fraction of sp³-hybridized carbons (Fsp3) is 0.500. The normalized spacial score (nSPS) is 13.4. The molecule has 0 aliphatic heterocycles. The lowest BCUT2D eigenvalue weighted by atomic mass is 10.0. The third-order valence-electron chi connectivity index (χ3n) is 2.49. The van der Waals surface area contributed by atoms with Crippen molar-refractivity contribution < 1.29 is 17.9 Å². The Bertz CT molecular complexity index is 369. The highest BCUT2D eigenvalue weighted by molar-refractivity contribution is 5.30. The molecule has 6 heteroatoms. The molecule has 0 amide bonds. The summed E-state index contributed by atoms with van der Waals surface area (Å²) in [5.41, 5.74) is 11.9. The van der Waals surface area contributed by atoms with Crippen molar-refractivity contribution in [1.29, 1.82) is 0 Å². The van der Waals surface area contributed by atoms with E-state index in [1.807, 2.05) is 0 Å². The quantitative estimate of drug-likeness (QED) is 0.775. The summed E-state index contributed by atoms with van der Waals surface area (Å²) in [6.45, 7) is 0.587. The zero-order valence-corrected chi connectivity index (χ0v) is 9.91. The van der Waals surface area contributed by atoms with Crippen LogP contribution in [-0.2, 0) is 0 Å². The Kier molecular flexibility index (Phi) is 5.43. The van der Waals surface area contributed by atoms with E-state index in [2.05, 4.69) is 4.74 Å². The van der Waals surface area contributed by atoms with Crippen LogP contribution in [0.1, 0.15) is 30.9 Å². The number of nitrogens with two attached hydrogens (primary N) is 2. The molecule has 1 aromatic rings. The van der Waals surface area contributed by atoms with E-state index >= 15 is 0 Å². The van der Waals surface area contributed by atoms with Crippen molar-refractivity contribution in [1.82, 2.24) is 0 Å². The van der Waals surface area contributed by atoms with Crippen LogP contribution in [0.4, 0.5) is 13.2 Å². The van der Waals surface area contributed by atoms with Crippen LogP contribution in [0.15, 0.2) is 24.3 Å². The number of unbranched alkanes of at least 4 members (excludes halogenated alkanes) is 1. The molecule has 0 aliphatic carbocycles. The zero-order valence-electron chi connectivity index (χ0n) is 9.91. The van der Waals surface area contributed by atoms with Gasteiger partial charge in [0.15, 0.2) is 0 Å². The lowest BCUT2D eigenvalue weighted by Crippen LogP contribution is -2.17. The molecule has 3 nitrogen and oxygen atoms in total. The highest BCUT2D eigenvalue weighted by atomic mass is 19.4. The molecule has 0 radical (unpaired) electrons. The Labute approximate surface area is 104 Å². The van der Waals surface area contributed by atoms with Crippen molar-refractivity contribution in [2.75, 3.05) is 6.54 Å². The van der Waals surface area contributed by atoms with E-state index in [-0.39, 0.29) is 11.8 Å². The molecule has 1 rings (SSSR count). The minimum Gasteiger partial charge on any atom is -0.406 e.